The topological polar surface area (TPSA) is 50.4 Å². The number of likely N-dealkylation sites (N-methyl/N-ethyl adjacent to an activating group) is 1. The first kappa shape index (κ1) is 15.4. The standard InChI is InChI=1S/C14H21FN2O2/c1-14(2,3)17-8-10-5-6-12(11(15)7-10)19-9-13(18)16-4/h5-7,17H,8-9H2,1-4H3,(H,16,18). The van der Waals surface area contributed by atoms with Crippen molar-refractivity contribution < 1.29 is 13.9 Å². The van der Waals surface area contributed by atoms with Gasteiger partial charge in [0.2, 0.25) is 0 Å². The second-order valence-corrected chi connectivity index (χ2v) is 5.33. The number of nitrogens with one attached hydrogen (secondary N) is 2. The smallest absolute Gasteiger partial charge is 0.257 e. The lowest BCUT2D eigenvalue weighted by molar-refractivity contribution is -0.122. The zero-order valence-corrected chi connectivity index (χ0v) is 11.8. The Labute approximate surface area is 113 Å². The molecular formula is C14H21FN2O2. The van der Waals surface area contributed by atoms with Crippen LogP contribution in [0.1, 0.15) is 26.3 Å². The van der Waals surface area contributed by atoms with E-state index in [9.17, 15) is 9.18 Å². The predicted molar refractivity (Wildman–Crippen MR) is 72.6 cm³/mol. The Bertz CT molecular complexity index is 442. The van der Waals surface area contributed by atoms with Crippen LogP contribution in [-0.2, 0) is 11.3 Å². The molecule has 2 N–H and O–H groups in total. The molecule has 0 atom stereocenters. The normalized spacial score (nSPS) is 11.2. The molecule has 0 spiro atoms. The van der Waals surface area contributed by atoms with Crippen molar-refractivity contribution in [3.05, 3.63) is 29.6 Å². The zero-order valence-electron chi connectivity index (χ0n) is 11.8. The third kappa shape index (κ3) is 5.70. The van der Waals surface area contributed by atoms with Crippen LogP contribution in [0.2, 0.25) is 0 Å². The maximum Gasteiger partial charge on any atom is 0.257 e. The molecule has 0 aliphatic carbocycles. The highest BCUT2D eigenvalue weighted by Crippen LogP contribution is 2.18. The third-order valence-corrected chi connectivity index (χ3v) is 2.46. The van der Waals surface area contributed by atoms with Gasteiger partial charge < -0.3 is 15.4 Å². The van der Waals surface area contributed by atoms with Gasteiger partial charge in [0.25, 0.3) is 5.91 Å². The number of ether oxygens (including phenoxy) is 1. The number of hydrogen-bond acceptors (Lipinski definition) is 3. The van der Waals surface area contributed by atoms with Crippen LogP contribution in [0.15, 0.2) is 18.2 Å². The monoisotopic (exact) mass is 268 g/mol. The predicted octanol–water partition coefficient (Wildman–Crippen LogP) is 1.84. The summed E-state index contributed by atoms with van der Waals surface area (Å²) in [5.41, 5.74) is 0.810. The van der Waals surface area contributed by atoms with Gasteiger partial charge >= 0.3 is 0 Å². The molecule has 1 aromatic rings. The number of halogens is 1. The number of carbonyl (C=O) groups is 1. The van der Waals surface area contributed by atoms with E-state index in [2.05, 4.69) is 10.6 Å². The van der Waals surface area contributed by atoms with E-state index in [1.807, 2.05) is 20.8 Å². The molecule has 19 heavy (non-hydrogen) atoms. The minimum Gasteiger partial charge on any atom is -0.481 e. The first-order chi connectivity index (χ1) is 8.81. The largest absolute Gasteiger partial charge is 0.481 e. The second-order valence-electron chi connectivity index (χ2n) is 5.33. The summed E-state index contributed by atoms with van der Waals surface area (Å²) in [4.78, 5) is 11.0. The molecule has 0 saturated heterocycles. The van der Waals surface area contributed by atoms with Crippen LogP contribution >= 0.6 is 0 Å². The van der Waals surface area contributed by atoms with Crippen LogP contribution < -0.4 is 15.4 Å². The van der Waals surface area contributed by atoms with Gasteiger partial charge in [-0.1, -0.05) is 6.07 Å². The quantitative estimate of drug-likeness (QED) is 0.856. The first-order valence-corrected chi connectivity index (χ1v) is 6.18. The molecule has 0 fully saturated rings. The van der Waals surface area contributed by atoms with Gasteiger partial charge in [-0.2, -0.15) is 0 Å². The molecule has 0 bridgehead atoms. The summed E-state index contributed by atoms with van der Waals surface area (Å²) in [5, 5.41) is 5.68. The van der Waals surface area contributed by atoms with Crippen LogP contribution in [0, 0.1) is 5.82 Å². The lowest BCUT2D eigenvalue weighted by Gasteiger charge is -2.20. The fourth-order valence-electron chi connectivity index (χ4n) is 1.35. The zero-order chi connectivity index (χ0) is 14.5. The van der Waals surface area contributed by atoms with Crippen molar-refractivity contribution in [3.8, 4) is 5.75 Å². The number of rotatable bonds is 5. The summed E-state index contributed by atoms with van der Waals surface area (Å²) in [6.07, 6.45) is 0. The van der Waals surface area contributed by atoms with E-state index >= 15 is 0 Å². The van der Waals surface area contributed by atoms with Crippen molar-refractivity contribution in [2.24, 2.45) is 0 Å². The molecule has 5 heteroatoms. The molecular weight excluding hydrogens is 247 g/mol. The average molecular weight is 268 g/mol. The molecule has 1 amide bonds. The van der Waals surface area contributed by atoms with E-state index < -0.39 is 5.82 Å². The van der Waals surface area contributed by atoms with Crippen LogP contribution in [0.25, 0.3) is 0 Å². The van der Waals surface area contributed by atoms with Crippen molar-refractivity contribution in [2.45, 2.75) is 32.9 Å². The Hall–Kier alpha value is -1.62. The molecule has 1 rings (SSSR count). The minimum atomic E-state index is -0.461. The fourth-order valence-corrected chi connectivity index (χ4v) is 1.35. The average Bonchev–Trinajstić information content (AvgIpc) is 2.34. The maximum absolute atomic E-state index is 13.7. The van der Waals surface area contributed by atoms with Crippen LogP contribution in [0.3, 0.4) is 0 Å². The van der Waals surface area contributed by atoms with Crippen molar-refractivity contribution >= 4 is 5.91 Å². The summed E-state index contributed by atoms with van der Waals surface area (Å²) < 4.78 is 18.8. The summed E-state index contributed by atoms with van der Waals surface area (Å²) in [6, 6.07) is 4.73. The summed E-state index contributed by atoms with van der Waals surface area (Å²) in [6.45, 7) is 6.53. The third-order valence-electron chi connectivity index (χ3n) is 2.46. The first-order valence-electron chi connectivity index (χ1n) is 6.18. The van der Waals surface area contributed by atoms with Gasteiger partial charge in [0, 0.05) is 19.1 Å². The number of hydrogen-bond donors (Lipinski definition) is 2. The van der Waals surface area contributed by atoms with Crippen molar-refractivity contribution in [3.63, 3.8) is 0 Å². The summed E-state index contributed by atoms with van der Waals surface area (Å²) in [7, 11) is 1.50. The maximum atomic E-state index is 13.7. The minimum absolute atomic E-state index is 0.0230. The highest BCUT2D eigenvalue weighted by atomic mass is 19.1. The Balaban J connectivity index is 2.61. The molecule has 4 nitrogen and oxygen atoms in total. The molecule has 0 aliphatic rings. The van der Waals surface area contributed by atoms with Gasteiger partial charge in [0.1, 0.15) is 0 Å². The Morgan fingerprint density at radius 3 is 2.58 bits per heavy atom. The molecule has 0 aliphatic heterocycles. The van der Waals surface area contributed by atoms with E-state index in [0.717, 1.165) is 5.56 Å². The lowest BCUT2D eigenvalue weighted by atomic mass is 10.1. The van der Waals surface area contributed by atoms with Crippen molar-refractivity contribution in [1.29, 1.82) is 0 Å². The van der Waals surface area contributed by atoms with Gasteiger partial charge in [-0.3, -0.25) is 4.79 Å². The second kappa shape index (κ2) is 6.52. The number of benzene rings is 1. The van der Waals surface area contributed by atoms with Crippen LogP contribution in [0.5, 0.6) is 5.75 Å². The molecule has 0 aromatic heterocycles. The van der Waals surface area contributed by atoms with Gasteiger partial charge in [-0.15, -0.1) is 0 Å². The van der Waals surface area contributed by atoms with E-state index in [0.29, 0.717) is 6.54 Å². The molecule has 0 heterocycles. The number of amides is 1. The SMILES string of the molecule is CNC(=O)COc1ccc(CNC(C)(C)C)cc1F. The van der Waals surface area contributed by atoms with E-state index in [1.54, 1.807) is 6.07 Å². The Morgan fingerprint density at radius 2 is 2.05 bits per heavy atom. The van der Waals surface area contributed by atoms with Gasteiger partial charge in [-0.25, -0.2) is 4.39 Å². The molecule has 0 unspecified atom stereocenters. The van der Waals surface area contributed by atoms with Gasteiger partial charge in [-0.05, 0) is 38.5 Å². The summed E-state index contributed by atoms with van der Waals surface area (Å²) in [5.74, 6) is -0.668. The van der Waals surface area contributed by atoms with Crippen molar-refractivity contribution in [2.75, 3.05) is 13.7 Å². The fraction of sp³-hybridized carbons (Fsp3) is 0.500. The van der Waals surface area contributed by atoms with E-state index in [4.69, 9.17) is 4.74 Å². The Kier molecular flexibility index (Phi) is 5.30. The highest BCUT2D eigenvalue weighted by molar-refractivity contribution is 5.77. The van der Waals surface area contributed by atoms with Crippen LogP contribution in [0.4, 0.5) is 4.39 Å². The van der Waals surface area contributed by atoms with E-state index in [-0.39, 0.29) is 23.8 Å². The van der Waals surface area contributed by atoms with Gasteiger partial charge in [0.15, 0.2) is 18.2 Å². The molecule has 106 valence electrons. The van der Waals surface area contributed by atoms with Crippen LogP contribution in [-0.4, -0.2) is 25.1 Å². The lowest BCUT2D eigenvalue weighted by Crippen LogP contribution is -2.35. The molecule has 1 aromatic carbocycles. The van der Waals surface area contributed by atoms with E-state index in [1.165, 1.54) is 19.2 Å². The van der Waals surface area contributed by atoms with Crippen molar-refractivity contribution in [1.82, 2.24) is 10.6 Å². The highest BCUT2D eigenvalue weighted by Gasteiger charge is 2.10. The Morgan fingerprint density at radius 1 is 1.37 bits per heavy atom. The molecule has 0 saturated carbocycles. The van der Waals surface area contributed by atoms with Gasteiger partial charge in [0.05, 0.1) is 0 Å². The number of carbonyl (C=O) groups excluding carboxylic acids is 1. The summed E-state index contributed by atoms with van der Waals surface area (Å²) >= 11 is 0. The molecule has 0 radical (unpaired) electrons.